The molecule has 0 spiro atoms. The first-order valence-electron chi connectivity index (χ1n) is 6.59. The molecule has 1 saturated heterocycles. The zero-order chi connectivity index (χ0) is 15.7. The van der Waals surface area contributed by atoms with Gasteiger partial charge >= 0.3 is 0 Å². The summed E-state index contributed by atoms with van der Waals surface area (Å²) in [6.45, 7) is 0. The van der Waals surface area contributed by atoms with Gasteiger partial charge < -0.3 is 4.98 Å². The van der Waals surface area contributed by atoms with Crippen LogP contribution in [0.5, 0.6) is 0 Å². The first-order chi connectivity index (χ1) is 10.6. The molecule has 0 aliphatic carbocycles. The van der Waals surface area contributed by atoms with Crippen molar-refractivity contribution in [3.05, 3.63) is 41.7 Å². The Morgan fingerprint density at radius 1 is 1.05 bits per heavy atom. The van der Waals surface area contributed by atoms with Gasteiger partial charge in [0.05, 0.1) is 11.7 Å². The van der Waals surface area contributed by atoms with E-state index in [4.69, 9.17) is 23.4 Å². The minimum atomic E-state index is -0.295. The molecule has 0 radical (unpaired) electrons. The van der Waals surface area contributed by atoms with E-state index in [1.54, 1.807) is 6.20 Å². The van der Waals surface area contributed by atoms with Crippen molar-refractivity contribution in [2.75, 3.05) is 0 Å². The number of rotatable bonds is 0. The normalized spacial score (nSPS) is 14.5. The Morgan fingerprint density at radius 3 is 2.41 bits per heavy atom. The van der Waals surface area contributed by atoms with Gasteiger partial charge in [0.2, 0.25) is 11.8 Å². The second-order valence-corrected chi connectivity index (χ2v) is 5.58. The average molecular weight is 336 g/mol. The predicted molar refractivity (Wildman–Crippen MR) is 85.5 cm³/mol. The molecule has 0 atom stereocenters. The molecule has 2 amide bonds. The molecule has 1 aliphatic heterocycles. The van der Waals surface area contributed by atoms with E-state index >= 15 is 0 Å². The van der Waals surface area contributed by atoms with Crippen molar-refractivity contribution in [2.24, 2.45) is 0 Å². The number of nitrogens with zero attached hydrogens (tertiary/aromatic N) is 2. The molecule has 4 rings (SSSR count). The van der Waals surface area contributed by atoms with E-state index in [1.807, 2.05) is 30.5 Å². The Balaban J connectivity index is 0.000000154. The monoisotopic (exact) mass is 335 g/mol. The van der Waals surface area contributed by atoms with Gasteiger partial charge in [0.25, 0.3) is 0 Å². The summed E-state index contributed by atoms with van der Waals surface area (Å²) < 4.78 is 0.639. The maximum absolute atomic E-state index is 10.4. The molecular formula is C15H11Cl2N3O2. The van der Waals surface area contributed by atoms with Crippen molar-refractivity contribution in [2.45, 2.75) is 12.8 Å². The van der Waals surface area contributed by atoms with E-state index in [0.717, 1.165) is 26.8 Å². The molecule has 1 aromatic carbocycles. The van der Waals surface area contributed by atoms with Gasteiger partial charge in [-0.1, -0.05) is 11.6 Å². The number of halogens is 2. The highest BCUT2D eigenvalue weighted by molar-refractivity contribution is 6.32. The van der Waals surface area contributed by atoms with Gasteiger partial charge in [0, 0.05) is 52.1 Å². The topological polar surface area (TPSA) is 66.1 Å². The number of imide groups is 1. The molecule has 1 fully saturated rings. The molecule has 3 aromatic rings. The van der Waals surface area contributed by atoms with Crippen LogP contribution >= 0.6 is 23.4 Å². The lowest BCUT2D eigenvalue weighted by molar-refractivity contribution is -0.132. The Kier molecular flexibility index (Phi) is 4.00. The van der Waals surface area contributed by atoms with Crippen LogP contribution in [0.3, 0.4) is 0 Å². The maximum atomic E-state index is 10.4. The fourth-order valence-corrected chi connectivity index (χ4v) is 2.61. The van der Waals surface area contributed by atoms with Gasteiger partial charge in [-0.25, -0.2) is 0 Å². The van der Waals surface area contributed by atoms with Crippen molar-refractivity contribution in [1.82, 2.24) is 14.4 Å². The minimum absolute atomic E-state index is 0.266. The minimum Gasteiger partial charge on any atom is -0.353 e. The highest BCUT2D eigenvalue weighted by Crippen LogP contribution is 2.26. The SMILES string of the molecule is Clc1ccc2[nH]c3cnccc3c2c1.O=C1CCC(=O)N1Cl. The fraction of sp³-hybridized carbons (Fsp3) is 0.133. The van der Waals surface area contributed by atoms with Crippen LogP contribution in [0.2, 0.25) is 5.02 Å². The molecule has 22 heavy (non-hydrogen) atoms. The summed E-state index contributed by atoms with van der Waals surface area (Å²) in [5.74, 6) is -0.590. The first-order valence-corrected chi connectivity index (χ1v) is 7.30. The van der Waals surface area contributed by atoms with E-state index in [-0.39, 0.29) is 24.7 Å². The molecule has 1 N–H and O–H groups in total. The van der Waals surface area contributed by atoms with Gasteiger partial charge in [-0.3, -0.25) is 14.6 Å². The van der Waals surface area contributed by atoms with Crippen molar-refractivity contribution in [3.8, 4) is 0 Å². The Labute approximate surface area is 135 Å². The summed E-state index contributed by atoms with van der Waals surface area (Å²) >= 11 is 11.1. The van der Waals surface area contributed by atoms with Crippen LogP contribution in [0.15, 0.2) is 36.7 Å². The average Bonchev–Trinajstić information content (AvgIpc) is 3.03. The van der Waals surface area contributed by atoms with E-state index < -0.39 is 0 Å². The van der Waals surface area contributed by atoms with Crippen LogP contribution in [0.1, 0.15) is 12.8 Å². The number of H-pyrrole nitrogens is 1. The number of pyridine rings is 1. The Hall–Kier alpha value is -2.11. The van der Waals surface area contributed by atoms with Crippen molar-refractivity contribution < 1.29 is 9.59 Å². The number of carbonyl (C=O) groups excluding carboxylic acids is 2. The summed E-state index contributed by atoms with van der Waals surface area (Å²) in [4.78, 5) is 28.1. The number of hydrogen-bond acceptors (Lipinski definition) is 3. The number of fused-ring (bicyclic) bond motifs is 3. The largest absolute Gasteiger partial charge is 0.353 e. The standard InChI is InChI=1S/C11H7ClN2.C4H4ClNO2/c12-7-1-2-10-9(5-7)8-3-4-13-6-11(8)14-10;5-6-3(7)1-2-4(6)8/h1-6,14H;1-2H2. The Bertz CT molecular complexity index is 859. The molecular weight excluding hydrogens is 325 g/mol. The number of nitrogens with one attached hydrogen (secondary N) is 1. The first kappa shape index (κ1) is 14.8. The van der Waals surface area contributed by atoms with Gasteiger partial charge in [-0.15, -0.1) is 0 Å². The van der Waals surface area contributed by atoms with Gasteiger partial charge in [0.15, 0.2) is 0 Å². The lowest BCUT2D eigenvalue weighted by Gasteiger charge is -1.96. The number of benzene rings is 1. The quantitative estimate of drug-likeness (QED) is 0.503. The number of carbonyl (C=O) groups is 2. The number of hydrogen-bond donors (Lipinski definition) is 1. The van der Waals surface area contributed by atoms with Crippen molar-refractivity contribution in [3.63, 3.8) is 0 Å². The van der Waals surface area contributed by atoms with Crippen LogP contribution in [0.25, 0.3) is 21.8 Å². The summed E-state index contributed by atoms with van der Waals surface area (Å²) in [5.41, 5.74) is 2.14. The molecule has 112 valence electrons. The van der Waals surface area contributed by atoms with Crippen LogP contribution in [-0.4, -0.2) is 26.2 Å². The summed E-state index contributed by atoms with van der Waals surface area (Å²) in [6.07, 6.45) is 4.14. The third-order valence-electron chi connectivity index (χ3n) is 3.35. The second-order valence-electron chi connectivity index (χ2n) is 4.80. The van der Waals surface area contributed by atoms with Gasteiger partial charge in [-0.2, -0.15) is 4.42 Å². The van der Waals surface area contributed by atoms with E-state index in [0.29, 0.717) is 4.42 Å². The predicted octanol–water partition coefficient (Wildman–Crippen LogP) is 3.66. The van der Waals surface area contributed by atoms with Crippen LogP contribution in [0, 0.1) is 0 Å². The second kappa shape index (κ2) is 5.94. The number of aromatic amines is 1. The molecule has 0 bridgehead atoms. The summed E-state index contributed by atoms with van der Waals surface area (Å²) in [5, 5.41) is 3.07. The van der Waals surface area contributed by atoms with Gasteiger partial charge in [0.1, 0.15) is 0 Å². The Morgan fingerprint density at radius 2 is 1.77 bits per heavy atom. The number of amides is 2. The molecule has 0 saturated carbocycles. The van der Waals surface area contributed by atoms with Crippen molar-refractivity contribution >= 4 is 57.0 Å². The summed E-state index contributed by atoms with van der Waals surface area (Å²) in [6, 6.07) is 7.82. The molecule has 2 aromatic heterocycles. The lowest BCUT2D eigenvalue weighted by atomic mass is 10.2. The van der Waals surface area contributed by atoms with Crippen LogP contribution in [0.4, 0.5) is 0 Å². The van der Waals surface area contributed by atoms with E-state index in [1.165, 1.54) is 0 Å². The highest BCUT2D eigenvalue weighted by Gasteiger charge is 2.26. The third kappa shape index (κ3) is 2.77. The fourth-order valence-electron chi connectivity index (χ4n) is 2.27. The number of aromatic nitrogens is 2. The highest BCUT2D eigenvalue weighted by atomic mass is 35.5. The summed E-state index contributed by atoms with van der Waals surface area (Å²) in [7, 11) is 0. The zero-order valence-electron chi connectivity index (χ0n) is 11.3. The van der Waals surface area contributed by atoms with E-state index in [9.17, 15) is 9.59 Å². The van der Waals surface area contributed by atoms with E-state index in [2.05, 4.69) is 9.97 Å². The lowest BCUT2D eigenvalue weighted by Crippen LogP contribution is -2.16. The van der Waals surface area contributed by atoms with Crippen LogP contribution < -0.4 is 0 Å². The smallest absolute Gasteiger partial charge is 0.244 e. The molecule has 0 unspecified atom stereocenters. The zero-order valence-corrected chi connectivity index (χ0v) is 12.9. The maximum Gasteiger partial charge on any atom is 0.244 e. The molecule has 3 heterocycles. The molecule has 5 nitrogen and oxygen atoms in total. The molecule has 7 heteroatoms. The van der Waals surface area contributed by atoms with Crippen LogP contribution in [-0.2, 0) is 9.59 Å². The third-order valence-corrected chi connectivity index (χ3v) is 3.97. The molecule has 1 aliphatic rings. The van der Waals surface area contributed by atoms with Crippen molar-refractivity contribution in [1.29, 1.82) is 0 Å². The van der Waals surface area contributed by atoms with Gasteiger partial charge in [-0.05, 0) is 24.3 Å².